The van der Waals surface area contributed by atoms with E-state index < -0.39 is 0 Å². The van der Waals surface area contributed by atoms with E-state index in [1.165, 1.54) is 6.33 Å². The average molecular weight is 724 g/mol. The molecule has 0 atom stereocenters. The van der Waals surface area contributed by atoms with Gasteiger partial charge in [-0.25, -0.2) is 9.97 Å². The van der Waals surface area contributed by atoms with Crippen LogP contribution in [0, 0.1) is 19.1 Å². The van der Waals surface area contributed by atoms with E-state index in [0.29, 0.717) is 28.4 Å². The number of benzene rings is 3. The van der Waals surface area contributed by atoms with Crippen LogP contribution in [0.15, 0.2) is 114 Å². The molecule has 5 aromatic heterocycles. The van der Waals surface area contributed by atoms with Crippen LogP contribution in [0.1, 0.15) is 5.69 Å². The minimum absolute atomic E-state index is 0. The van der Waals surface area contributed by atoms with Gasteiger partial charge in [0.25, 0.3) is 0 Å². The maximum Gasteiger partial charge on any atom is 0.216 e. The van der Waals surface area contributed by atoms with Crippen molar-refractivity contribution in [1.82, 2.24) is 34.7 Å². The molecule has 8 rings (SSSR count). The second-order valence-electron chi connectivity index (χ2n) is 9.21. The molecule has 0 bridgehead atoms. The van der Waals surface area contributed by atoms with Crippen molar-refractivity contribution in [2.45, 2.75) is 6.92 Å². The Bertz CT molecular complexity index is 2070. The molecule has 0 aliphatic carbocycles. The van der Waals surface area contributed by atoms with Gasteiger partial charge in [0.1, 0.15) is 6.33 Å². The fourth-order valence-corrected chi connectivity index (χ4v) is 4.68. The van der Waals surface area contributed by atoms with Gasteiger partial charge in [-0.15, -0.1) is 64.3 Å². The number of hydrogen-bond acceptors (Lipinski definition) is 7. The van der Waals surface area contributed by atoms with Crippen LogP contribution in [0.4, 0.5) is 0 Å². The van der Waals surface area contributed by atoms with Gasteiger partial charge >= 0.3 is 0 Å². The minimum atomic E-state index is 0. The summed E-state index contributed by atoms with van der Waals surface area (Å²) < 4.78 is 8.08. The molecule has 0 aliphatic heterocycles. The molecule has 0 unspecified atom stereocenters. The Labute approximate surface area is 254 Å². The first-order valence-electron chi connectivity index (χ1n) is 13.0. The maximum atomic E-state index is 6.15. The molecule has 205 valence electrons. The molecular weight excluding hydrogens is 703 g/mol. The monoisotopic (exact) mass is 724 g/mol. The van der Waals surface area contributed by atoms with E-state index in [4.69, 9.17) is 9.40 Å². The van der Waals surface area contributed by atoms with E-state index in [2.05, 4.69) is 37.3 Å². The van der Waals surface area contributed by atoms with E-state index in [0.717, 1.165) is 39.0 Å². The Morgan fingerprint density at radius 3 is 2.43 bits per heavy atom. The van der Waals surface area contributed by atoms with Gasteiger partial charge in [0.2, 0.25) is 5.71 Å². The number of fused-ring (bicyclic) bond motifs is 4. The summed E-state index contributed by atoms with van der Waals surface area (Å²) in [5.41, 5.74) is 6.90. The molecule has 8 nitrogen and oxygen atoms in total. The van der Waals surface area contributed by atoms with Gasteiger partial charge in [0, 0.05) is 43.1 Å². The number of rotatable bonds is 3. The predicted molar refractivity (Wildman–Crippen MR) is 157 cm³/mol. The molecule has 0 amide bonds. The summed E-state index contributed by atoms with van der Waals surface area (Å²) in [6, 6.07) is 37.8. The molecule has 42 heavy (non-hydrogen) atoms. The Kier molecular flexibility index (Phi) is 7.60. The van der Waals surface area contributed by atoms with Crippen LogP contribution in [-0.4, -0.2) is 34.7 Å². The van der Waals surface area contributed by atoms with Gasteiger partial charge < -0.3 is 14.0 Å². The van der Waals surface area contributed by atoms with Crippen LogP contribution in [0.3, 0.4) is 0 Å². The SMILES string of the molecule is Cc1ccc2c(n1)oc1c(-c3nc4ncnnc4n3-c3ccccc3)[c-]ccc12.[Ir].[c-]1ccccc1-c1ccccn1. The number of hydrogen-bond donors (Lipinski definition) is 0. The van der Waals surface area contributed by atoms with Gasteiger partial charge in [0.15, 0.2) is 11.3 Å². The van der Waals surface area contributed by atoms with Crippen molar-refractivity contribution in [3.8, 4) is 28.3 Å². The second-order valence-corrected chi connectivity index (χ2v) is 9.21. The summed E-state index contributed by atoms with van der Waals surface area (Å²) in [5, 5.41) is 10.1. The Balaban J connectivity index is 0.000000205. The van der Waals surface area contributed by atoms with Crippen molar-refractivity contribution >= 4 is 33.4 Å². The van der Waals surface area contributed by atoms with E-state index in [9.17, 15) is 0 Å². The minimum Gasteiger partial charge on any atom is -0.486 e. The third kappa shape index (κ3) is 5.07. The summed E-state index contributed by atoms with van der Waals surface area (Å²) >= 11 is 0. The van der Waals surface area contributed by atoms with Gasteiger partial charge in [-0.05, 0) is 42.9 Å². The first-order valence-corrected chi connectivity index (χ1v) is 13.0. The van der Waals surface area contributed by atoms with Crippen molar-refractivity contribution in [2.75, 3.05) is 0 Å². The van der Waals surface area contributed by atoms with Crippen molar-refractivity contribution < 1.29 is 24.5 Å². The molecule has 0 fully saturated rings. The number of nitrogens with zero attached hydrogens (tertiary/aromatic N) is 7. The molecule has 5 heterocycles. The van der Waals surface area contributed by atoms with Crippen LogP contribution < -0.4 is 0 Å². The van der Waals surface area contributed by atoms with Crippen LogP contribution in [0.25, 0.3) is 61.7 Å². The topological polar surface area (TPSA) is 95.4 Å². The quantitative estimate of drug-likeness (QED) is 0.185. The predicted octanol–water partition coefficient (Wildman–Crippen LogP) is 6.83. The van der Waals surface area contributed by atoms with Crippen molar-refractivity contribution in [3.63, 3.8) is 0 Å². The zero-order valence-electron chi connectivity index (χ0n) is 22.3. The number of aromatic nitrogens is 7. The second kappa shape index (κ2) is 11.8. The normalized spacial score (nSPS) is 10.8. The third-order valence-electron chi connectivity index (χ3n) is 6.55. The first-order chi connectivity index (χ1) is 20.3. The molecule has 0 spiro atoms. The number of para-hydroxylation sites is 1. The molecule has 0 saturated carbocycles. The van der Waals surface area contributed by atoms with E-state index in [1.54, 1.807) is 6.20 Å². The molecule has 0 N–H and O–H groups in total. The summed E-state index contributed by atoms with van der Waals surface area (Å²) in [7, 11) is 0. The van der Waals surface area contributed by atoms with E-state index in [1.807, 2.05) is 109 Å². The summed E-state index contributed by atoms with van der Waals surface area (Å²) in [4.78, 5) is 17.8. The standard InChI is InChI=1S/C22H13N6O.C11H8N.Ir/c1-13-10-11-16-15-8-5-9-17(18(15)29-22(16)25-13)20-26-19-21(27-24-12-23-19)28(20)14-6-3-2-4-7-14;1-2-6-10(7-3-1)11-8-4-5-9-12-11;/h2-8,10-12H,1H3;1-6,8-9H;/q2*-1;. The van der Waals surface area contributed by atoms with Crippen molar-refractivity contribution in [2.24, 2.45) is 0 Å². The maximum absolute atomic E-state index is 6.15. The molecule has 1 radical (unpaired) electrons. The smallest absolute Gasteiger partial charge is 0.216 e. The molecule has 0 aliphatic rings. The number of aryl methyl sites for hydroxylation is 1. The first kappa shape index (κ1) is 27.1. The zero-order chi connectivity index (χ0) is 27.6. The van der Waals surface area contributed by atoms with Crippen LogP contribution in [0.2, 0.25) is 0 Å². The van der Waals surface area contributed by atoms with Crippen LogP contribution in [-0.2, 0) is 20.1 Å². The Morgan fingerprint density at radius 2 is 1.62 bits per heavy atom. The van der Waals surface area contributed by atoms with Crippen LogP contribution >= 0.6 is 0 Å². The Morgan fingerprint density at radius 1 is 0.762 bits per heavy atom. The number of pyridine rings is 2. The molecule has 9 heteroatoms. The average Bonchev–Trinajstić information content (AvgIpc) is 3.61. The van der Waals surface area contributed by atoms with Crippen molar-refractivity contribution in [1.29, 1.82) is 0 Å². The van der Waals surface area contributed by atoms with Crippen LogP contribution in [0.5, 0.6) is 0 Å². The van der Waals surface area contributed by atoms with E-state index >= 15 is 0 Å². The summed E-state index contributed by atoms with van der Waals surface area (Å²) in [6.07, 6.45) is 3.18. The van der Waals surface area contributed by atoms with E-state index in [-0.39, 0.29) is 20.1 Å². The van der Waals surface area contributed by atoms with Crippen molar-refractivity contribution in [3.05, 3.63) is 127 Å². The fraction of sp³-hybridized carbons (Fsp3) is 0.0303. The molecular formula is C33H21IrN7O-2. The third-order valence-corrected chi connectivity index (χ3v) is 6.55. The number of imidazole rings is 1. The molecule has 8 aromatic rings. The number of furan rings is 1. The summed E-state index contributed by atoms with van der Waals surface area (Å²) in [6.45, 7) is 1.94. The zero-order valence-corrected chi connectivity index (χ0v) is 24.7. The summed E-state index contributed by atoms with van der Waals surface area (Å²) in [5.74, 6) is 0.639. The Hall–Kier alpha value is -5.11. The molecule has 3 aromatic carbocycles. The molecule has 0 saturated heterocycles. The van der Waals surface area contributed by atoms with Gasteiger partial charge in [-0.2, -0.15) is 0 Å². The van der Waals surface area contributed by atoms with Gasteiger partial charge in [-0.1, -0.05) is 41.3 Å². The largest absolute Gasteiger partial charge is 0.486 e. The van der Waals surface area contributed by atoms with Gasteiger partial charge in [0.05, 0.1) is 11.4 Å². The van der Waals surface area contributed by atoms with Gasteiger partial charge in [-0.3, -0.25) is 4.98 Å². The fourth-order valence-electron chi connectivity index (χ4n) is 4.68.